The molecule has 1 aliphatic heterocycles. The minimum Gasteiger partial charge on any atom is -0.372 e. The van der Waals surface area contributed by atoms with Gasteiger partial charge in [0.25, 0.3) is 0 Å². The van der Waals surface area contributed by atoms with Crippen LogP contribution in [0.3, 0.4) is 0 Å². The largest absolute Gasteiger partial charge is 0.372 e. The minimum absolute atomic E-state index is 0.375. The van der Waals surface area contributed by atoms with Crippen molar-refractivity contribution in [3.8, 4) is 0 Å². The lowest BCUT2D eigenvalue weighted by atomic mass is 9.93. The molecule has 1 saturated heterocycles. The van der Waals surface area contributed by atoms with Crippen molar-refractivity contribution in [2.75, 3.05) is 13.1 Å². The van der Waals surface area contributed by atoms with Crippen LogP contribution in [0.4, 0.5) is 0 Å². The number of nitrogens with one attached hydrogen (secondary N) is 1. The first-order chi connectivity index (χ1) is 10.3. The molecule has 3 unspecified atom stereocenters. The Morgan fingerprint density at radius 3 is 2.57 bits per heavy atom. The Kier molecular flexibility index (Phi) is 5.32. The third-order valence-corrected chi connectivity index (χ3v) is 5.18. The first kappa shape index (κ1) is 15.1. The van der Waals surface area contributed by atoms with Gasteiger partial charge >= 0.3 is 0 Å². The van der Waals surface area contributed by atoms with E-state index in [1.165, 1.54) is 37.7 Å². The van der Waals surface area contributed by atoms with Crippen molar-refractivity contribution in [1.29, 1.82) is 0 Å². The molecule has 0 radical (unpaired) electrons. The SMILES string of the molecule is CC(CC1CNCC(CC2CCCC2)O1)c1ccccc1. The summed E-state index contributed by atoms with van der Waals surface area (Å²) in [6.07, 6.45) is 8.91. The Balaban J connectivity index is 1.49. The molecule has 0 amide bonds. The third-order valence-electron chi connectivity index (χ3n) is 5.18. The maximum atomic E-state index is 6.38. The van der Waals surface area contributed by atoms with Crippen LogP contribution in [0.25, 0.3) is 0 Å². The average molecular weight is 287 g/mol. The molecule has 116 valence electrons. The van der Waals surface area contributed by atoms with Crippen molar-refractivity contribution in [2.45, 2.75) is 63.6 Å². The highest BCUT2D eigenvalue weighted by molar-refractivity contribution is 5.18. The van der Waals surface area contributed by atoms with Crippen LogP contribution in [0.1, 0.15) is 56.9 Å². The van der Waals surface area contributed by atoms with Crippen LogP contribution in [0.15, 0.2) is 30.3 Å². The molecule has 2 nitrogen and oxygen atoms in total. The van der Waals surface area contributed by atoms with Gasteiger partial charge in [0.05, 0.1) is 12.2 Å². The van der Waals surface area contributed by atoms with Gasteiger partial charge in [0.2, 0.25) is 0 Å². The molecule has 2 fully saturated rings. The fourth-order valence-electron chi connectivity index (χ4n) is 3.98. The minimum atomic E-state index is 0.375. The first-order valence-electron chi connectivity index (χ1n) is 8.72. The van der Waals surface area contributed by atoms with Gasteiger partial charge in [-0.25, -0.2) is 0 Å². The number of hydrogen-bond acceptors (Lipinski definition) is 2. The normalized spacial score (nSPS) is 28.6. The fraction of sp³-hybridized carbons (Fsp3) is 0.684. The molecule has 3 atom stereocenters. The molecule has 0 aromatic heterocycles. The highest BCUT2D eigenvalue weighted by Crippen LogP contribution is 2.31. The quantitative estimate of drug-likeness (QED) is 0.879. The van der Waals surface area contributed by atoms with Crippen molar-refractivity contribution >= 4 is 0 Å². The second-order valence-corrected chi connectivity index (χ2v) is 6.97. The summed E-state index contributed by atoms with van der Waals surface area (Å²) in [6, 6.07) is 10.8. The molecule has 1 saturated carbocycles. The van der Waals surface area contributed by atoms with Crippen molar-refractivity contribution in [1.82, 2.24) is 5.32 Å². The van der Waals surface area contributed by atoms with E-state index in [2.05, 4.69) is 42.6 Å². The molecule has 2 heteroatoms. The molecule has 2 aliphatic rings. The van der Waals surface area contributed by atoms with Gasteiger partial charge in [0, 0.05) is 13.1 Å². The lowest BCUT2D eigenvalue weighted by Crippen LogP contribution is -2.45. The highest BCUT2D eigenvalue weighted by atomic mass is 16.5. The van der Waals surface area contributed by atoms with E-state index < -0.39 is 0 Å². The van der Waals surface area contributed by atoms with Crippen LogP contribution in [0, 0.1) is 5.92 Å². The van der Waals surface area contributed by atoms with Crippen LogP contribution in [-0.4, -0.2) is 25.3 Å². The molecule has 1 heterocycles. The van der Waals surface area contributed by atoms with Crippen LogP contribution < -0.4 is 5.32 Å². The van der Waals surface area contributed by atoms with E-state index in [0.29, 0.717) is 18.1 Å². The summed E-state index contributed by atoms with van der Waals surface area (Å²) in [5.74, 6) is 1.49. The van der Waals surface area contributed by atoms with Crippen molar-refractivity contribution < 1.29 is 4.74 Å². The van der Waals surface area contributed by atoms with Gasteiger partial charge in [-0.2, -0.15) is 0 Å². The molecule has 3 rings (SSSR count). The van der Waals surface area contributed by atoms with E-state index in [9.17, 15) is 0 Å². The van der Waals surface area contributed by atoms with Crippen molar-refractivity contribution in [2.24, 2.45) is 5.92 Å². The van der Waals surface area contributed by atoms with E-state index in [1.54, 1.807) is 0 Å². The molecule has 1 aromatic rings. The Labute approximate surface area is 129 Å². The lowest BCUT2D eigenvalue weighted by Gasteiger charge is -2.33. The summed E-state index contributed by atoms with van der Waals surface area (Å²) < 4.78 is 6.38. The molecule has 21 heavy (non-hydrogen) atoms. The standard InChI is InChI=1S/C19H29NO/c1-15(17-9-3-2-4-10-17)11-18-13-20-14-19(21-18)12-16-7-5-6-8-16/h2-4,9-10,15-16,18-20H,5-8,11-14H2,1H3. The lowest BCUT2D eigenvalue weighted by molar-refractivity contribution is -0.0524. The molecule has 1 aliphatic carbocycles. The summed E-state index contributed by atoms with van der Waals surface area (Å²) in [5.41, 5.74) is 1.43. The highest BCUT2D eigenvalue weighted by Gasteiger charge is 2.27. The zero-order chi connectivity index (χ0) is 14.5. The average Bonchev–Trinajstić information content (AvgIpc) is 3.01. The van der Waals surface area contributed by atoms with Gasteiger partial charge in [-0.3, -0.25) is 0 Å². The molecule has 0 bridgehead atoms. The van der Waals surface area contributed by atoms with E-state index in [1.807, 2.05) is 0 Å². The molecule has 0 spiro atoms. The van der Waals surface area contributed by atoms with Gasteiger partial charge in [-0.15, -0.1) is 0 Å². The van der Waals surface area contributed by atoms with E-state index >= 15 is 0 Å². The summed E-state index contributed by atoms with van der Waals surface area (Å²) in [7, 11) is 0. The predicted molar refractivity (Wildman–Crippen MR) is 87.6 cm³/mol. The first-order valence-corrected chi connectivity index (χ1v) is 8.72. The van der Waals surface area contributed by atoms with E-state index in [-0.39, 0.29) is 0 Å². The van der Waals surface area contributed by atoms with Crippen LogP contribution in [0.5, 0.6) is 0 Å². The second-order valence-electron chi connectivity index (χ2n) is 6.97. The number of ether oxygens (including phenoxy) is 1. The summed E-state index contributed by atoms with van der Waals surface area (Å²) >= 11 is 0. The molecule has 1 aromatic carbocycles. The predicted octanol–water partition coefficient (Wildman–Crippen LogP) is 4.12. The van der Waals surface area contributed by atoms with Gasteiger partial charge in [-0.1, -0.05) is 62.9 Å². The van der Waals surface area contributed by atoms with Crippen molar-refractivity contribution in [3.05, 3.63) is 35.9 Å². The van der Waals surface area contributed by atoms with Crippen molar-refractivity contribution in [3.63, 3.8) is 0 Å². The van der Waals surface area contributed by atoms with Crippen LogP contribution in [-0.2, 0) is 4.74 Å². The maximum Gasteiger partial charge on any atom is 0.0709 e. The number of benzene rings is 1. The fourth-order valence-corrected chi connectivity index (χ4v) is 3.98. The summed E-state index contributed by atoms with van der Waals surface area (Å²) in [4.78, 5) is 0. The van der Waals surface area contributed by atoms with E-state index in [4.69, 9.17) is 4.74 Å². The Hall–Kier alpha value is -0.860. The number of morpholine rings is 1. The molecular formula is C19H29NO. The van der Waals surface area contributed by atoms with Gasteiger partial charge < -0.3 is 10.1 Å². The second kappa shape index (κ2) is 7.42. The smallest absolute Gasteiger partial charge is 0.0709 e. The summed E-state index contributed by atoms with van der Waals surface area (Å²) in [6.45, 7) is 4.38. The van der Waals surface area contributed by atoms with Gasteiger partial charge in [0.1, 0.15) is 0 Å². The van der Waals surface area contributed by atoms with Crippen LogP contribution >= 0.6 is 0 Å². The zero-order valence-electron chi connectivity index (χ0n) is 13.3. The van der Waals surface area contributed by atoms with Crippen LogP contribution in [0.2, 0.25) is 0 Å². The Morgan fingerprint density at radius 2 is 1.81 bits per heavy atom. The monoisotopic (exact) mass is 287 g/mol. The number of hydrogen-bond donors (Lipinski definition) is 1. The number of rotatable bonds is 5. The summed E-state index contributed by atoms with van der Waals surface area (Å²) in [5, 5.41) is 3.59. The topological polar surface area (TPSA) is 21.3 Å². The van der Waals surface area contributed by atoms with Gasteiger partial charge in [0.15, 0.2) is 0 Å². The Morgan fingerprint density at radius 1 is 1.10 bits per heavy atom. The molecule has 1 N–H and O–H groups in total. The third kappa shape index (κ3) is 4.31. The molecular weight excluding hydrogens is 258 g/mol. The Bertz CT molecular complexity index is 413. The van der Waals surface area contributed by atoms with E-state index in [0.717, 1.165) is 25.4 Å². The van der Waals surface area contributed by atoms with Gasteiger partial charge in [-0.05, 0) is 30.2 Å². The zero-order valence-corrected chi connectivity index (χ0v) is 13.3. The maximum absolute atomic E-state index is 6.38.